The standard InChI is InChI=1S/C46H42O16/c1-58-31-16-6-26(7-17-31)36(47)42(53)41(52)43(54,37(48)27-8-18-32(59-2)19-9-27)45(56,39(50)29-12-22-34(61-4)23-13-29)46(57,40(51)30-14-24-35(62-5)25-15-30)44(42,55)38(49)28-10-20-33(60-3)21-11-28/h6-25,41,52-57H,1-5H3/t41?,42-,43+,44-,45-,46?/m0/s1. The zero-order valence-corrected chi connectivity index (χ0v) is 33.9. The maximum atomic E-state index is 15.5. The molecule has 0 amide bonds. The topological polar surface area (TPSA) is 253 Å². The van der Waals surface area contributed by atoms with E-state index in [1.807, 2.05) is 0 Å². The maximum Gasteiger partial charge on any atom is 0.207 e. The van der Waals surface area contributed by atoms with Crippen molar-refractivity contribution in [1.82, 2.24) is 0 Å². The van der Waals surface area contributed by atoms with E-state index in [2.05, 4.69) is 0 Å². The summed E-state index contributed by atoms with van der Waals surface area (Å²) in [5, 5.41) is 79.6. The van der Waals surface area contributed by atoms with Crippen LogP contribution in [0.25, 0.3) is 0 Å². The van der Waals surface area contributed by atoms with Crippen LogP contribution in [-0.2, 0) is 0 Å². The van der Waals surface area contributed by atoms with Crippen LogP contribution < -0.4 is 23.7 Å². The van der Waals surface area contributed by atoms with Crippen molar-refractivity contribution in [2.45, 2.75) is 34.1 Å². The van der Waals surface area contributed by atoms with Gasteiger partial charge in [0, 0.05) is 27.8 Å². The first-order valence-electron chi connectivity index (χ1n) is 18.6. The predicted octanol–water partition coefficient (Wildman–Crippen LogP) is 2.47. The van der Waals surface area contributed by atoms with Gasteiger partial charge >= 0.3 is 0 Å². The molecule has 1 saturated carbocycles. The van der Waals surface area contributed by atoms with Crippen LogP contribution in [0.2, 0.25) is 0 Å². The van der Waals surface area contributed by atoms with E-state index in [1.165, 1.54) is 96.2 Å². The van der Waals surface area contributed by atoms with Crippen LogP contribution in [0.5, 0.6) is 28.7 Å². The molecule has 5 aromatic carbocycles. The average molecular weight is 851 g/mol. The molecule has 0 bridgehead atoms. The second kappa shape index (κ2) is 16.6. The summed E-state index contributed by atoms with van der Waals surface area (Å²) in [5.41, 5.74) is -26.3. The third kappa shape index (κ3) is 6.34. The molecule has 0 saturated heterocycles. The van der Waals surface area contributed by atoms with Gasteiger partial charge in [-0.2, -0.15) is 0 Å². The Bertz CT molecular complexity index is 2360. The third-order valence-electron chi connectivity index (χ3n) is 11.4. The third-order valence-corrected chi connectivity index (χ3v) is 11.4. The average Bonchev–Trinajstić information content (AvgIpc) is 3.33. The molecule has 1 fully saturated rings. The van der Waals surface area contributed by atoms with Crippen LogP contribution in [0.15, 0.2) is 121 Å². The number of ether oxygens (including phenoxy) is 5. The summed E-state index contributed by atoms with van der Waals surface area (Å²) >= 11 is 0. The summed E-state index contributed by atoms with van der Waals surface area (Å²) in [7, 11) is 6.43. The molecular weight excluding hydrogens is 808 g/mol. The number of aliphatic hydroxyl groups excluding tert-OH is 1. The number of carbonyl (C=O) groups is 5. The minimum atomic E-state index is -4.74. The maximum absolute atomic E-state index is 15.5. The van der Waals surface area contributed by atoms with Gasteiger partial charge in [0.2, 0.25) is 45.7 Å². The molecule has 6 N–H and O–H groups in total. The highest BCUT2D eigenvalue weighted by molar-refractivity contribution is 6.25. The van der Waals surface area contributed by atoms with Crippen LogP contribution in [0.4, 0.5) is 0 Å². The molecular formula is C46H42O16. The molecule has 322 valence electrons. The summed E-state index contributed by atoms with van der Waals surface area (Å²) in [6, 6.07) is 21.7. The number of aliphatic hydroxyl groups is 6. The number of rotatable bonds is 15. The molecule has 2 unspecified atom stereocenters. The summed E-state index contributed by atoms with van der Waals surface area (Å²) in [4.78, 5) is 76.4. The molecule has 16 nitrogen and oxygen atoms in total. The van der Waals surface area contributed by atoms with Gasteiger partial charge in [-0.25, -0.2) is 0 Å². The highest BCUT2D eigenvalue weighted by atomic mass is 16.5. The van der Waals surface area contributed by atoms with Crippen LogP contribution in [-0.4, -0.2) is 129 Å². The Morgan fingerprint density at radius 2 is 0.516 bits per heavy atom. The first kappa shape index (κ1) is 44.8. The quantitative estimate of drug-likeness (QED) is 0.0828. The Morgan fingerprint density at radius 3 is 0.710 bits per heavy atom. The molecule has 6 atom stereocenters. The largest absolute Gasteiger partial charge is 0.497 e. The van der Waals surface area contributed by atoms with E-state index in [0.29, 0.717) is 0 Å². The molecule has 0 radical (unpaired) electrons. The van der Waals surface area contributed by atoms with Crippen molar-refractivity contribution in [3.05, 3.63) is 149 Å². The van der Waals surface area contributed by atoms with Gasteiger partial charge < -0.3 is 54.3 Å². The molecule has 6 rings (SSSR count). The van der Waals surface area contributed by atoms with Crippen LogP contribution in [0.3, 0.4) is 0 Å². The van der Waals surface area contributed by atoms with Crippen molar-refractivity contribution in [3.8, 4) is 28.7 Å². The zero-order valence-electron chi connectivity index (χ0n) is 33.9. The van der Waals surface area contributed by atoms with E-state index >= 15 is 24.0 Å². The molecule has 1 aliphatic carbocycles. The Morgan fingerprint density at radius 1 is 0.339 bits per heavy atom. The van der Waals surface area contributed by atoms with E-state index in [9.17, 15) is 30.6 Å². The van der Waals surface area contributed by atoms with Crippen molar-refractivity contribution in [3.63, 3.8) is 0 Å². The normalized spacial score (nSPS) is 25.5. The van der Waals surface area contributed by atoms with Gasteiger partial charge in [0.1, 0.15) is 34.9 Å². The van der Waals surface area contributed by atoms with Gasteiger partial charge in [0.05, 0.1) is 35.5 Å². The molecule has 0 heterocycles. The van der Waals surface area contributed by atoms with Gasteiger partial charge in [0.15, 0.2) is 11.2 Å². The number of ketones is 5. The van der Waals surface area contributed by atoms with Gasteiger partial charge in [-0.05, 0) is 121 Å². The number of carbonyl (C=O) groups excluding carboxylic acids is 5. The molecule has 16 heteroatoms. The van der Waals surface area contributed by atoms with Gasteiger partial charge in [-0.15, -0.1) is 0 Å². The highest BCUT2D eigenvalue weighted by Gasteiger charge is 2.92. The number of hydrogen-bond acceptors (Lipinski definition) is 16. The fraction of sp³-hybridized carbons (Fsp3) is 0.239. The van der Waals surface area contributed by atoms with E-state index in [0.717, 1.165) is 60.7 Å². The fourth-order valence-electron chi connectivity index (χ4n) is 7.87. The number of hydrogen-bond donors (Lipinski definition) is 6. The van der Waals surface area contributed by atoms with Gasteiger partial charge in [-0.1, -0.05) is 0 Å². The van der Waals surface area contributed by atoms with Crippen molar-refractivity contribution in [2.75, 3.05) is 35.5 Å². The minimum absolute atomic E-state index is 0.124. The number of Topliss-reactive ketones (excluding diaryl/α,β-unsaturated/α-hetero) is 5. The minimum Gasteiger partial charge on any atom is -0.497 e. The highest BCUT2D eigenvalue weighted by Crippen LogP contribution is 2.59. The first-order valence-corrected chi connectivity index (χ1v) is 18.6. The van der Waals surface area contributed by atoms with Crippen molar-refractivity contribution in [1.29, 1.82) is 0 Å². The van der Waals surface area contributed by atoms with E-state index < -0.39 is 90.8 Å². The fourth-order valence-corrected chi connectivity index (χ4v) is 7.87. The SMILES string of the molecule is COc1ccc(C(=O)C2(O)[C@](O)(C(=O)c3ccc(OC)cc3)[C@@](O)(C(=O)c3ccc(OC)cc3)C(O)[C@@](O)(C(=O)c3ccc(OC)cc3)[C@@]2(O)C(=O)c2ccc(OC)cc2)cc1. The molecule has 1 aliphatic rings. The van der Waals surface area contributed by atoms with E-state index in [1.54, 1.807) is 0 Å². The summed E-state index contributed by atoms with van der Waals surface area (Å²) < 4.78 is 25.9. The zero-order chi connectivity index (χ0) is 45.4. The monoisotopic (exact) mass is 850 g/mol. The molecule has 62 heavy (non-hydrogen) atoms. The van der Waals surface area contributed by atoms with Crippen LogP contribution in [0.1, 0.15) is 51.8 Å². The summed E-state index contributed by atoms with van der Waals surface area (Å²) in [6.45, 7) is 0. The predicted molar refractivity (Wildman–Crippen MR) is 217 cm³/mol. The van der Waals surface area contributed by atoms with Crippen molar-refractivity contribution >= 4 is 28.9 Å². The first-order chi connectivity index (χ1) is 29.4. The van der Waals surface area contributed by atoms with E-state index in [4.69, 9.17) is 23.7 Å². The lowest BCUT2D eigenvalue weighted by Gasteiger charge is -2.65. The molecule has 0 aromatic heterocycles. The smallest absolute Gasteiger partial charge is 0.207 e. The Labute approximate surface area is 354 Å². The van der Waals surface area contributed by atoms with E-state index in [-0.39, 0.29) is 28.7 Å². The Balaban J connectivity index is 1.83. The van der Waals surface area contributed by atoms with Crippen LogP contribution in [0, 0.1) is 0 Å². The van der Waals surface area contributed by atoms with Gasteiger partial charge in [-0.3, -0.25) is 24.0 Å². The number of methoxy groups -OCH3 is 5. The lowest BCUT2D eigenvalue weighted by atomic mass is 9.43. The Kier molecular flexibility index (Phi) is 12.0. The lowest BCUT2D eigenvalue weighted by Crippen LogP contribution is -2.98. The second-order valence-electron chi connectivity index (χ2n) is 14.4. The second-order valence-corrected chi connectivity index (χ2v) is 14.4. The molecule has 0 aliphatic heterocycles. The van der Waals surface area contributed by atoms with Crippen molar-refractivity contribution < 1.29 is 78.3 Å². The summed E-state index contributed by atoms with van der Waals surface area (Å²) in [5.74, 6) is -8.95. The van der Waals surface area contributed by atoms with Crippen molar-refractivity contribution in [2.24, 2.45) is 0 Å². The van der Waals surface area contributed by atoms with Crippen LogP contribution >= 0.6 is 0 Å². The number of benzene rings is 5. The molecule has 5 aromatic rings. The molecule has 0 spiro atoms. The summed E-state index contributed by atoms with van der Waals surface area (Å²) in [6.07, 6.45) is -3.66. The lowest BCUT2D eigenvalue weighted by molar-refractivity contribution is -0.335. The Hall–Kier alpha value is -6.79. The van der Waals surface area contributed by atoms with Gasteiger partial charge in [0.25, 0.3) is 0 Å².